The van der Waals surface area contributed by atoms with Crippen molar-refractivity contribution in [1.82, 2.24) is 0 Å². The van der Waals surface area contributed by atoms with E-state index in [0.29, 0.717) is 19.3 Å². The summed E-state index contributed by atoms with van der Waals surface area (Å²) in [4.78, 5) is 38.0. The molecular formula is C62H106O6. The minimum absolute atomic E-state index is 0.0851. The van der Waals surface area contributed by atoms with Gasteiger partial charge in [-0.1, -0.05) is 241 Å². The number of rotatable bonds is 51. The molecule has 68 heavy (non-hydrogen) atoms. The Bertz CT molecular complexity index is 1320. The summed E-state index contributed by atoms with van der Waals surface area (Å²) in [6.07, 6.45) is 72.9. The lowest BCUT2D eigenvalue weighted by molar-refractivity contribution is -0.167. The summed E-state index contributed by atoms with van der Waals surface area (Å²) in [5, 5.41) is 0. The Balaban J connectivity index is 4.34. The molecule has 1 unspecified atom stereocenters. The highest BCUT2D eigenvalue weighted by molar-refractivity contribution is 5.71. The number of hydrogen-bond donors (Lipinski definition) is 0. The summed E-state index contributed by atoms with van der Waals surface area (Å²) < 4.78 is 16.8. The number of carbonyl (C=O) groups excluding carboxylic acids is 3. The van der Waals surface area contributed by atoms with E-state index >= 15 is 0 Å². The van der Waals surface area contributed by atoms with Gasteiger partial charge in [0.05, 0.1) is 0 Å². The molecule has 0 N–H and O–H groups in total. The molecule has 390 valence electrons. The average molecular weight is 948 g/mol. The molecule has 0 rings (SSSR count). The fraction of sp³-hybridized carbons (Fsp3) is 0.726. The fourth-order valence-electron chi connectivity index (χ4n) is 7.85. The predicted molar refractivity (Wildman–Crippen MR) is 293 cm³/mol. The Kier molecular flexibility index (Phi) is 53.4. The van der Waals surface area contributed by atoms with Gasteiger partial charge in [-0.25, -0.2) is 0 Å². The molecule has 0 heterocycles. The van der Waals surface area contributed by atoms with Gasteiger partial charge in [-0.05, 0) is 96.3 Å². The van der Waals surface area contributed by atoms with Crippen molar-refractivity contribution in [3.8, 4) is 0 Å². The molecule has 0 aliphatic heterocycles. The van der Waals surface area contributed by atoms with Crippen molar-refractivity contribution in [2.75, 3.05) is 13.2 Å². The molecule has 0 aliphatic rings. The Morgan fingerprint density at radius 2 is 0.574 bits per heavy atom. The summed E-state index contributed by atoms with van der Waals surface area (Å²) >= 11 is 0. The maximum absolute atomic E-state index is 12.8. The fourth-order valence-corrected chi connectivity index (χ4v) is 7.85. The Morgan fingerprint density at radius 1 is 0.309 bits per heavy atom. The maximum Gasteiger partial charge on any atom is 0.306 e. The summed E-state index contributed by atoms with van der Waals surface area (Å²) in [7, 11) is 0. The van der Waals surface area contributed by atoms with Gasteiger partial charge in [-0.15, -0.1) is 0 Å². The van der Waals surface area contributed by atoms with Gasteiger partial charge in [0.15, 0.2) is 6.10 Å². The highest BCUT2D eigenvalue weighted by Gasteiger charge is 2.19. The molecule has 0 saturated heterocycles. The SMILES string of the molecule is CC/C=C\C/C=C\C/C=C\C/C=C\C/C=C\C/C=C\CCCCCCC(=O)OCC(COC(=O)CCCCCCCCCCC)OC(=O)CCCCCCCCC/C=C\CCCCCCCCC. The van der Waals surface area contributed by atoms with E-state index < -0.39 is 6.10 Å². The Morgan fingerprint density at radius 3 is 0.912 bits per heavy atom. The van der Waals surface area contributed by atoms with Crippen LogP contribution >= 0.6 is 0 Å². The molecule has 0 aromatic rings. The monoisotopic (exact) mass is 947 g/mol. The summed E-state index contributed by atoms with van der Waals surface area (Å²) in [6.45, 7) is 6.49. The number of unbranched alkanes of at least 4 members (excludes halogenated alkanes) is 26. The van der Waals surface area contributed by atoms with Crippen LogP contribution in [-0.2, 0) is 28.6 Å². The van der Waals surface area contributed by atoms with Gasteiger partial charge in [0, 0.05) is 19.3 Å². The van der Waals surface area contributed by atoms with Crippen molar-refractivity contribution in [1.29, 1.82) is 0 Å². The third-order valence-electron chi connectivity index (χ3n) is 12.1. The van der Waals surface area contributed by atoms with Gasteiger partial charge in [0.25, 0.3) is 0 Å². The van der Waals surface area contributed by atoms with Gasteiger partial charge in [0.2, 0.25) is 0 Å². The first-order chi connectivity index (χ1) is 33.5. The van der Waals surface area contributed by atoms with Crippen molar-refractivity contribution in [2.24, 2.45) is 0 Å². The second-order valence-electron chi connectivity index (χ2n) is 18.8. The van der Waals surface area contributed by atoms with Crippen molar-refractivity contribution < 1.29 is 28.6 Å². The number of ether oxygens (including phenoxy) is 3. The second-order valence-corrected chi connectivity index (χ2v) is 18.8. The van der Waals surface area contributed by atoms with Crippen LogP contribution < -0.4 is 0 Å². The molecule has 0 amide bonds. The largest absolute Gasteiger partial charge is 0.462 e. The normalized spacial score (nSPS) is 12.7. The zero-order chi connectivity index (χ0) is 49.3. The number of allylic oxidation sites excluding steroid dienone is 14. The summed E-state index contributed by atoms with van der Waals surface area (Å²) in [5.74, 6) is -0.913. The molecule has 0 saturated carbocycles. The van der Waals surface area contributed by atoms with Gasteiger partial charge in [0.1, 0.15) is 13.2 Å². The summed E-state index contributed by atoms with van der Waals surface area (Å²) in [6, 6.07) is 0. The van der Waals surface area contributed by atoms with Crippen LogP contribution in [0, 0.1) is 0 Å². The van der Waals surface area contributed by atoms with E-state index in [1.54, 1.807) is 0 Å². The highest BCUT2D eigenvalue weighted by Crippen LogP contribution is 2.15. The lowest BCUT2D eigenvalue weighted by atomic mass is 10.1. The molecule has 0 bridgehead atoms. The Labute approximate surface area is 420 Å². The van der Waals surface area contributed by atoms with E-state index in [1.807, 2.05) is 0 Å². The van der Waals surface area contributed by atoms with Crippen molar-refractivity contribution in [3.05, 3.63) is 85.1 Å². The highest BCUT2D eigenvalue weighted by atomic mass is 16.6. The van der Waals surface area contributed by atoms with Crippen molar-refractivity contribution >= 4 is 17.9 Å². The Hall–Kier alpha value is -3.41. The molecule has 0 aromatic carbocycles. The van der Waals surface area contributed by atoms with Gasteiger partial charge < -0.3 is 14.2 Å². The number of hydrogen-bond acceptors (Lipinski definition) is 6. The molecule has 0 aromatic heterocycles. The standard InChI is InChI=1S/C62H106O6/c1-4-7-10-13-16-19-21-23-25-27-29-30-31-32-33-35-36-38-40-43-46-49-52-55-61(64)67-58-59(57-66-60(63)54-51-48-45-42-18-15-12-9-6-3)68-62(65)56-53-50-47-44-41-39-37-34-28-26-24-22-20-17-14-11-8-5-2/h7,10,16,19,23,25-26,28-30,32-33,36,38,59H,4-6,8-9,11-15,17-18,20-22,24,27,31,34-35,37,39-58H2,1-3H3/b10-7-,19-16-,25-23-,28-26-,30-29-,33-32-,38-36-. The van der Waals surface area contributed by atoms with Crippen LogP contribution in [0.25, 0.3) is 0 Å². The van der Waals surface area contributed by atoms with Gasteiger partial charge >= 0.3 is 17.9 Å². The average Bonchev–Trinajstić information content (AvgIpc) is 3.34. The van der Waals surface area contributed by atoms with Crippen LogP contribution in [-0.4, -0.2) is 37.2 Å². The van der Waals surface area contributed by atoms with E-state index in [1.165, 1.54) is 122 Å². The zero-order valence-electron chi connectivity index (χ0n) is 44.6. The first-order valence-corrected chi connectivity index (χ1v) is 28.6. The van der Waals surface area contributed by atoms with Crippen LogP contribution in [0.2, 0.25) is 0 Å². The predicted octanol–water partition coefficient (Wildman–Crippen LogP) is 19.2. The topological polar surface area (TPSA) is 78.9 Å². The van der Waals surface area contributed by atoms with Gasteiger partial charge in [-0.2, -0.15) is 0 Å². The van der Waals surface area contributed by atoms with Crippen molar-refractivity contribution in [2.45, 2.75) is 277 Å². The lowest BCUT2D eigenvalue weighted by Gasteiger charge is -2.18. The molecule has 0 spiro atoms. The van der Waals surface area contributed by atoms with Crippen LogP contribution in [0.1, 0.15) is 271 Å². The number of carbonyl (C=O) groups is 3. The summed E-state index contributed by atoms with van der Waals surface area (Å²) in [5.41, 5.74) is 0. The maximum atomic E-state index is 12.8. The first-order valence-electron chi connectivity index (χ1n) is 28.6. The van der Waals surface area contributed by atoms with Gasteiger partial charge in [-0.3, -0.25) is 14.4 Å². The van der Waals surface area contributed by atoms with E-state index in [9.17, 15) is 14.4 Å². The smallest absolute Gasteiger partial charge is 0.306 e. The van der Waals surface area contributed by atoms with Crippen molar-refractivity contribution in [3.63, 3.8) is 0 Å². The molecule has 0 fully saturated rings. The van der Waals surface area contributed by atoms with Crippen LogP contribution in [0.3, 0.4) is 0 Å². The van der Waals surface area contributed by atoms with E-state index in [-0.39, 0.29) is 31.1 Å². The third kappa shape index (κ3) is 53.5. The van der Waals surface area contributed by atoms with Crippen LogP contribution in [0.4, 0.5) is 0 Å². The van der Waals surface area contributed by atoms with E-state index in [4.69, 9.17) is 14.2 Å². The van der Waals surface area contributed by atoms with E-state index in [2.05, 4.69) is 106 Å². The molecule has 0 radical (unpaired) electrons. The first kappa shape index (κ1) is 64.6. The minimum atomic E-state index is -0.787. The molecule has 6 heteroatoms. The molecule has 1 atom stereocenters. The molecule has 0 aliphatic carbocycles. The second kappa shape index (κ2) is 56.2. The lowest BCUT2D eigenvalue weighted by Crippen LogP contribution is -2.30. The zero-order valence-corrected chi connectivity index (χ0v) is 44.6. The number of esters is 3. The molecule has 6 nitrogen and oxygen atoms in total. The quantitative estimate of drug-likeness (QED) is 0.0262. The third-order valence-corrected chi connectivity index (χ3v) is 12.1. The minimum Gasteiger partial charge on any atom is -0.462 e. The molecular weight excluding hydrogens is 841 g/mol. The van der Waals surface area contributed by atoms with E-state index in [0.717, 1.165) is 109 Å². The van der Waals surface area contributed by atoms with Crippen LogP contribution in [0.15, 0.2) is 85.1 Å². The van der Waals surface area contributed by atoms with Crippen LogP contribution in [0.5, 0.6) is 0 Å².